The number of sulfonamides is 1. The molecule has 7 heteroatoms. The van der Waals surface area contributed by atoms with E-state index in [0.29, 0.717) is 23.2 Å². The molecule has 0 unspecified atom stereocenters. The monoisotopic (exact) mass is 366 g/mol. The van der Waals surface area contributed by atoms with Gasteiger partial charge in [-0.3, -0.25) is 4.72 Å². The Balaban J connectivity index is 1.82. The molecule has 2 N–H and O–H groups in total. The first-order valence-electron chi connectivity index (χ1n) is 6.15. The van der Waals surface area contributed by atoms with Gasteiger partial charge in [0.25, 0.3) is 0 Å². The highest BCUT2D eigenvalue weighted by Gasteiger charge is 2.20. The van der Waals surface area contributed by atoms with E-state index >= 15 is 0 Å². The molecule has 0 amide bonds. The van der Waals surface area contributed by atoms with Crippen LogP contribution in [0.2, 0.25) is 5.02 Å². The van der Waals surface area contributed by atoms with Crippen molar-refractivity contribution in [3.63, 3.8) is 0 Å². The lowest BCUT2D eigenvalue weighted by Gasteiger charge is -2.09. The van der Waals surface area contributed by atoms with Crippen molar-refractivity contribution in [2.45, 2.75) is 25.3 Å². The van der Waals surface area contributed by atoms with Crippen LogP contribution in [0.5, 0.6) is 0 Å². The van der Waals surface area contributed by atoms with Crippen LogP contribution in [0.15, 0.2) is 22.7 Å². The van der Waals surface area contributed by atoms with E-state index in [2.05, 4.69) is 26.0 Å². The minimum Gasteiger partial charge on any atom is -0.314 e. The lowest BCUT2D eigenvalue weighted by molar-refractivity contribution is 0.593. The first-order chi connectivity index (χ1) is 8.96. The lowest BCUT2D eigenvalue weighted by atomic mass is 10.3. The van der Waals surface area contributed by atoms with Gasteiger partial charge in [0.1, 0.15) is 0 Å². The maximum Gasteiger partial charge on any atom is 0.232 e. The molecular formula is C12H16BrClN2O2S. The Morgan fingerprint density at radius 2 is 2.11 bits per heavy atom. The molecule has 0 radical (unpaired) electrons. The van der Waals surface area contributed by atoms with E-state index < -0.39 is 10.0 Å². The predicted octanol–water partition coefficient (Wildman–Crippen LogP) is 2.99. The van der Waals surface area contributed by atoms with Gasteiger partial charge >= 0.3 is 0 Å². The molecule has 1 saturated carbocycles. The van der Waals surface area contributed by atoms with Gasteiger partial charge in [-0.2, -0.15) is 0 Å². The van der Waals surface area contributed by atoms with Crippen molar-refractivity contribution in [1.82, 2.24) is 5.32 Å². The fraction of sp³-hybridized carbons (Fsp3) is 0.500. The number of halogens is 2. The third kappa shape index (κ3) is 5.30. The van der Waals surface area contributed by atoms with Gasteiger partial charge in [0.15, 0.2) is 0 Å². The standard InChI is InChI=1S/C12H16BrClN2O2S/c13-11-5-4-10(8-12(11)14)16-19(17,18)7-1-6-15-9-2-3-9/h4-5,8-9,15-16H,1-3,6-7H2. The largest absolute Gasteiger partial charge is 0.314 e. The van der Waals surface area contributed by atoms with Crippen molar-refractivity contribution >= 4 is 43.2 Å². The fourth-order valence-electron chi connectivity index (χ4n) is 1.65. The number of anilines is 1. The number of hydrogen-bond donors (Lipinski definition) is 2. The zero-order chi connectivity index (χ0) is 13.9. The van der Waals surface area contributed by atoms with E-state index in [0.717, 1.165) is 11.0 Å². The Labute approximate surface area is 127 Å². The highest BCUT2D eigenvalue weighted by Crippen LogP contribution is 2.26. The van der Waals surface area contributed by atoms with Gasteiger partial charge < -0.3 is 5.32 Å². The van der Waals surface area contributed by atoms with E-state index in [1.807, 2.05) is 0 Å². The van der Waals surface area contributed by atoms with Crippen LogP contribution in [0.25, 0.3) is 0 Å². The number of nitrogens with one attached hydrogen (secondary N) is 2. The quantitative estimate of drug-likeness (QED) is 0.728. The second-order valence-electron chi connectivity index (χ2n) is 4.63. The van der Waals surface area contributed by atoms with Gasteiger partial charge in [-0.25, -0.2) is 8.42 Å². The molecule has 2 rings (SSSR count). The topological polar surface area (TPSA) is 58.2 Å². The second-order valence-corrected chi connectivity index (χ2v) is 7.74. The molecule has 106 valence electrons. The Hall–Kier alpha value is -0.300. The zero-order valence-electron chi connectivity index (χ0n) is 10.3. The zero-order valence-corrected chi connectivity index (χ0v) is 13.5. The second kappa shape index (κ2) is 6.43. The van der Waals surface area contributed by atoms with Crippen LogP contribution in [0.1, 0.15) is 19.3 Å². The molecule has 0 aromatic heterocycles. The van der Waals surface area contributed by atoms with Crippen molar-refractivity contribution < 1.29 is 8.42 Å². The Morgan fingerprint density at radius 1 is 1.37 bits per heavy atom. The predicted molar refractivity (Wildman–Crippen MR) is 82.2 cm³/mol. The first-order valence-corrected chi connectivity index (χ1v) is 8.97. The average Bonchev–Trinajstić information content (AvgIpc) is 3.13. The molecule has 4 nitrogen and oxygen atoms in total. The summed E-state index contributed by atoms with van der Waals surface area (Å²) in [5, 5.41) is 3.77. The fourth-order valence-corrected chi connectivity index (χ4v) is 3.19. The van der Waals surface area contributed by atoms with Crippen LogP contribution in [0, 0.1) is 0 Å². The van der Waals surface area contributed by atoms with Crippen LogP contribution in [-0.2, 0) is 10.0 Å². The Bertz CT molecular complexity index is 547. The SMILES string of the molecule is O=S(=O)(CCCNC1CC1)Nc1ccc(Br)c(Cl)c1. The van der Waals surface area contributed by atoms with Gasteiger partial charge in [0.2, 0.25) is 10.0 Å². The summed E-state index contributed by atoms with van der Waals surface area (Å²) in [6, 6.07) is 5.59. The van der Waals surface area contributed by atoms with Crippen molar-refractivity contribution in [3.05, 3.63) is 27.7 Å². The molecule has 1 aliphatic carbocycles. The molecule has 1 aromatic rings. The van der Waals surface area contributed by atoms with Gasteiger partial charge in [-0.05, 0) is 59.9 Å². The summed E-state index contributed by atoms with van der Waals surface area (Å²) in [6.45, 7) is 0.743. The Morgan fingerprint density at radius 3 is 2.74 bits per heavy atom. The minimum absolute atomic E-state index is 0.112. The van der Waals surface area contributed by atoms with E-state index in [-0.39, 0.29) is 5.75 Å². The van der Waals surface area contributed by atoms with E-state index in [1.165, 1.54) is 12.8 Å². The number of rotatable bonds is 7. The third-order valence-corrected chi connectivity index (χ3v) is 5.40. The molecular weight excluding hydrogens is 352 g/mol. The molecule has 1 fully saturated rings. The molecule has 19 heavy (non-hydrogen) atoms. The normalized spacial score (nSPS) is 15.5. The van der Waals surface area contributed by atoms with Crippen molar-refractivity contribution in [3.8, 4) is 0 Å². The van der Waals surface area contributed by atoms with Gasteiger partial charge in [-0.15, -0.1) is 0 Å². The Kier molecular flexibility index (Phi) is 5.11. The summed E-state index contributed by atoms with van der Waals surface area (Å²) in [7, 11) is -3.31. The van der Waals surface area contributed by atoms with Crippen LogP contribution in [0.3, 0.4) is 0 Å². The first kappa shape index (κ1) is 15.1. The summed E-state index contributed by atoms with van der Waals surface area (Å²) < 4.78 is 27.0. The summed E-state index contributed by atoms with van der Waals surface area (Å²) in [6.07, 6.45) is 3.03. The highest BCUT2D eigenvalue weighted by molar-refractivity contribution is 9.10. The van der Waals surface area contributed by atoms with Gasteiger partial charge in [-0.1, -0.05) is 11.6 Å². The minimum atomic E-state index is -3.31. The van der Waals surface area contributed by atoms with Crippen molar-refractivity contribution in [1.29, 1.82) is 0 Å². The van der Waals surface area contributed by atoms with Crippen molar-refractivity contribution in [2.75, 3.05) is 17.0 Å². The molecule has 0 atom stereocenters. The summed E-state index contributed by atoms with van der Waals surface area (Å²) in [5.41, 5.74) is 0.489. The lowest BCUT2D eigenvalue weighted by Crippen LogP contribution is -2.23. The molecule has 0 heterocycles. The summed E-state index contributed by atoms with van der Waals surface area (Å²) >= 11 is 9.18. The van der Waals surface area contributed by atoms with Gasteiger partial charge in [0.05, 0.1) is 16.5 Å². The average molecular weight is 368 g/mol. The van der Waals surface area contributed by atoms with Crippen LogP contribution in [0.4, 0.5) is 5.69 Å². The van der Waals surface area contributed by atoms with Crippen LogP contribution in [-0.4, -0.2) is 26.8 Å². The molecule has 1 aromatic carbocycles. The molecule has 0 saturated heterocycles. The third-order valence-electron chi connectivity index (χ3n) is 2.79. The van der Waals surface area contributed by atoms with Crippen LogP contribution < -0.4 is 10.0 Å². The maximum absolute atomic E-state index is 11.9. The van der Waals surface area contributed by atoms with Crippen LogP contribution >= 0.6 is 27.5 Å². The summed E-state index contributed by atoms with van der Waals surface area (Å²) in [5.74, 6) is 0.112. The number of benzene rings is 1. The van der Waals surface area contributed by atoms with Gasteiger partial charge in [0, 0.05) is 10.5 Å². The maximum atomic E-state index is 11.9. The molecule has 0 spiro atoms. The van der Waals surface area contributed by atoms with Crippen molar-refractivity contribution in [2.24, 2.45) is 0 Å². The van der Waals surface area contributed by atoms with E-state index in [4.69, 9.17) is 11.6 Å². The van der Waals surface area contributed by atoms with E-state index in [1.54, 1.807) is 18.2 Å². The molecule has 0 bridgehead atoms. The molecule has 0 aliphatic heterocycles. The number of hydrogen-bond acceptors (Lipinski definition) is 3. The smallest absolute Gasteiger partial charge is 0.232 e. The van der Waals surface area contributed by atoms with E-state index in [9.17, 15) is 8.42 Å². The summed E-state index contributed by atoms with van der Waals surface area (Å²) in [4.78, 5) is 0. The highest BCUT2D eigenvalue weighted by atomic mass is 79.9. The molecule has 1 aliphatic rings.